The second-order valence-corrected chi connectivity index (χ2v) is 8.25. The van der Waals surface area contributed by atoms with E-state index in [0.29, 0.717) is 0 Å². The summed E-state index contributed by atoms with van der Waals surface area (Å²) in [5.41, 5.74) is 0.813. The molecule has 0 aromatic heterocycles. The van der Waals surface area contributed by atoms with Gasteiger partial charge in [0.05, 0.1) is 0 Å². The topological polar surface area (TPSA) is 32.3 Å². The Morgan fingerprint density at radius 2 is 1.82 bits per heavy atom. The van der Waals surface area contributed by atoms with Crippen LogP contribution < -0.4 is 5.32 Å². The van der Waals surface area contributed by atoms with Crippen LogP contribution in [0.25, 0.3) is 0 Å². The van der Waals surface area contributed by atoms with Crippen molar-refractivity contribution in [1.82, 2.24) is 10.2 Å². The predicted molar refractivity (Wildman–Crippen MR) is 110 cm³/mol. The Morgan fingerprint density at radius 3 is 2.61 bits per heavy atom. The van der Waals surface area contributed by atoms with Gasteiger partial charge in [-0.05, 0) is 49.6 Å². The summed E-state index contributed by atoms with van der Waals surface area (Å²) in [6, 6.07) is 13.2. The molecule has 7 heteroatoms. The Kier molecular flexibility index (Phi) is 6.96. The highest BCUT2D eigenvalue weighted by Crippen LogP contribution is 2.41. The van der Waals surface area contributed by atoms with E-state index in [1.54, 1.807) is 0 Å². The van der Waals surface area contributed by atoms with Crippen molar-refractivity contribution in [3.05, 3.63) is 65.7 Å². The summed E-state index contributed by atoms with van der Waals surface area (Å²) in [4.78, 5) is 15.7. The molecule has 2 aromatic rings. The van der Waals surface area contributed by atoms with Crippen LogP contribution in [0.5, 0.6) is 0 Å². The Bertz CT molecular complexity index is 809. The van der Waals surface area contributed by atoms with E-state index in [-0.39, 0.29) is 35.3 Å². The highest BCUT2D eigenvalue weighted by atomic mass is 35.5. The summed E-state index contributed by atoms with van der Waals surface area (Å²) in [5.74, 6) is -1.01. The summed E-state index contributed by atoms with van der Waals surface area (Å²) in [5, 5.41) is 2.80. The normalized spacial score (nSPS) is 22.3. The SMILES string of the molecule is Cl.O=C(C(Sc1cc(F)ccc1F)c1ccccc1)N1C2CCNCC1CC2. The van der Waals surface area contributed by atoms with Crippen molar-refractivity contribution in [3.8, 4) is 0 Å². The first-order valence-electron chi connectivity index (χ1n) is 9.33. The number of halogens is 3. The monoisotopic (exact) mass is 424 g/mol. The maximum atomic E-state index is 14.3. The Labute approximate surface area is 174 Å². The zero-order chi connectivity index (χ0) is 18.8. The molecule has 2 fully saturated rings. The van der Waals surface area contributed by atoms with Gasteiger partial charge in [-0.15, -0.1) is 24.2 Å². The summed E-state index contributed by atoms with van der Waals surface area (Å²) >= 11 is 1.10. The zero-order valence-corrected chi connectivity index (χ0v) is 16.9. The van der Waals surface area contributed by atoms with E-state index in [0.717, 1.165) is 61.8 Å². The van der Waals surface area contributed by atoms with E-state index in [2.05, 4.69) is 5.32 Å². The molecule has 1 N–H and O–H groups in total. The number of hydrogen-bond donors (Lipinski definition) is 1. The molecule has 2 aliphatic rings. The fourth-order valence-electron chi connectivity index (χ4n) is 4.06. The van der Waals surface area contributed by atoms with Crippen LogP contribution in [0.2, 0.25) is 0 Å². The number of fused-ring (bicyclic) bond motifs is 2. The molecule has 0 aliphatic carbocycles. The second-order valence-electron chi connectivity index (χ2n) is 7.11. The molecule has 0 saturated carbocycles. The minimum absolute atomic E-state index is 0. The molecular weight excluding hydrogens is 402 g/mol. The summed E-state index contributed by atoms with van der Waals surface area (Å²) in [6.07, 6.45) is 2.94. The molecule has 28 heavy (non-hydrogen) atoms. The smallest absolute Gasteiger partial charge is 0.241 e. The van der Waals surface area contributed by atoms with Gasteiger partial charge >= 0.3 is 0 Å². The molecule has 4 rings (SSSR count). The molecule has 2 saturated heterocycles. The predicted octanol–water partition coefficient (Wildman–Crippen LogP) is 4.57. The van der Waals surface area contributed by atoms with E-state index in [4.69, 9.17) is 0 Å². The first kappa shape index (κ1) is 21.1. The van der Waals surface area contributed by atoms with Crippen molar-refractivity contribution in [2.45, 2.75) is 41.5 Å². The number of carbonyl (C=O) groups is 1. The fraction of sp³-hybridized carbons (Fsp3) is 0.381. The molecule has 3 unspecified atom stereocenters. The molecule has 3 nitrogen and oxygen atoms in total. The highest BCUT2D eigenvalue weighted by molar-refractivity contribution is 8.00. The average molecular weight is 425 g/mol. The minimum atomic E-state index is -0.594. The number of amides is 1. The highest BCUT2D eigenvalue weighted by Gasteiger charge is 2.41. The van der Waals surface area contributed by atoms with Gasteiger partial charge in [-0.2, -0.15) is 0 Å². The second kappa shape index (κ2) is 9.25. The van der Waals surface area contributed by atoms with Gasteiger partial charge < -0.3 is 10.2 Å². The molecule has 2 bridgehead atoms. The third kappa shape index (κ3) is 4.34. The number of carbonyl (C=O) groups excluding carboxylic acids is 1. The lowest BCUT2D eigenvalue weighted by molar-refractivity contribution is -0.133. The van der Waals surface area contributed by atoms with Crippen LogP contribution in [-0.4, -0.2) is 36.0 Å². The van der Waals surface area contributed by atoms with Gasteiger partial charge in [0.25, 0.3) is 0 Å². The van der Waals surface area contributed by atoms with Crippen molar-refractivity contribution in [2.75, 3.05) is 13.1 Å². The van der Waals surface area contributed by atoms with Crippen LogP contribution in [0.3, 0.4) is 0 Å². The van der Waals surface area contributed by atoms with Gasteiger partial charge in [-0.3, -0.25) is 4.79 Å². The van der Waals surface area contributed by atoms with Gasteiger partial charge in [-0.25, -0.2) is 8.78 Å². The third-order valence-electron chi connectivity index (χ3n) is 5.37. The molecule has 2 aromatic carbocycles. The zero-order valence-electron chi connectivity index (χ0n) is 15.3. The van der Waals surface area contributed by atoms with Gasteiger partial charge in [0, 0.05) is 23.5 Å². The summed E-state index contributed by atoms with van der Waals surface area (Å²) < 4.78 is 27.9. The fourth-order valence-corrected chi connectivity index (χ4v) is 5.19. The molecule has 2 heterocycles. The van der Waals surface area contributed by atoms with E-state index in [9.17, 15) is 13.6 Å². The number of benzene rings is 2. The number of thioether (sulfide) groups is 1. The largest absolute Gasteiger partial charge is 0.334 e. The van der Waals surface area contributed by atoms with Crippen LogP contribution in [0.4, 0.5) is 8.78 Å². The van der Waals surface area contributed by atoms with Crippen LogP contribution >= 0.6 is 24.2 Å². The number of hydrogen-bond acceptors (Lipinski definition) is 3. The summed E-state index contributed by atoms with van der Waals surface area (Å²) in [7, 11) is 0. The molecule has 1 amide bonds. The number of rotatable bonds is 4. The molecular formula is C21H23ClF2N2OS. The summed E-state index contributed by atoms with van der Waals surface area (Å²) in [6.45, 7) is 1.70. The van der Waals surface area contributed by atoms with Crippen molar-refractivity contribution in [2.24, 2.45) is 0 Å². The van der Waals surface area contributed by atoms with E-state index >= 15 is 0 Å². The quantitative estimate of drug-likeness (QED) is 0.729. The first-order chi connectivity index (χ1) is 13.1. The molecule has 150 valence electrons. The molecule has 2 aliphatic heterocycles. The van der Waals surface area contributed by atoms with Crippen molar-refractivity contribution in [1.29, 1.82) is 0 Å². The Hall–Kier alpha value is -1.63. The van der Waals surface area contributed by atoms with Gasteiger partial charge in [-0.1, -0.05) is 30.3 Å². The maximum absolute atomic E-state index is 14.3. The van der Waals surface area contributed by atoms with E-state index < -0.39 is 16.9 Å². The van der Waals surface area contributed by atoms with Gasteiger partial charge in [0.2, 0.25) is 5.91 Å². The van der Waals surface area contributed by atoms with Crippen molar-refractivity contribution < 1.29 is 13.6 Å². The van der Waals surface area contributed by atoms with Crippen LogP contribution in [0, 0.1) is 11.6 Å². The molecule has 3 atom stereocenters. The average Bonchev–Trinajstić information content (AvgIpc) is 2.95. The third-order valence-corrected chi connectivity index (χ3v) is 6.65. The lowest BCUT2D eigenvalue weighted by atomic mass is 10.1. The van der Waals surface area contributed by atoms with Crippen molar-refractivity contribution >= 4 is 30.1 Å². The lowest BCUT2D eigenvalue weighted by Gasteiger charge is -2.31. The van der Waals surface area contributed by atoms with Crippen LogP contribution in [-0.2, 0) is 4.79 Å². The van der Waals surface area contributed by atoms with Crippen LogP contribution in [0.1, 0.15) is 30.1 Å². The first-order valence-corrected chi connectivity index (χ1v) is 10.2. The Morgan fingerprint density at radius 1 is 1.07 bits per heavy atom. The lowest BCUT2D eigenvalue weighted by Crippen LogP contribution is -2.44. The van der Waals surface area contributed by atoms with Crippen molar-refractivity contribution in [3.63, 3.8) is 0 Å². The van der Waals surface area contributed by atoms with E-state index in [1.165, 1.54) is 6.07 Å². The standard InChI is InChI=1S/C21H22F2N2OS.ClH/c22-15-6-9-18(23)19(12-15)27-20(14-4-2-1-3-5-14)21(26)25-16-7-8-17(25)13-24-11-10-16;/h1-6,9,12,16-17,20,24H,7-8,10-11,13H2;1H. The molecule has 0 radical (unpaired) electrons. The number of nitrogens with one attached hydrogen (secondary N) is 1. The molecule has 0 spiro atoms. The number of nitrogens with zero attached hydrogens (tertiary/aromatic N) is 1. The van der Waals surface area contributed by atoms with Crippen LogP contribution in [0.15, 0.2) is 53.4 Å². The van der Waals surface area contributed by atoms with Gasteiger partial charge in [0.1, 0.15) is 16.9 Å². The van der Waals surface area contributed by atoms with Gasteiger partial charge in [0.15, 0.2) is 0 Å². The van der Waals surface area contributed by atoms with E-state index in [1.807, 2.05) is 35.2 Å². The Balaban J connectivity index is 0.00000225. The maximum Gasteiger partial charge on any atom is 0.241 e. The minimum Gasteiger partial charge on any atom is -0.334 e.